The van der Waals surface area contributed by atoms with Gasteiger partial charge in [-0.2, -0.15) is 0 Å². The Morgan fingerprint density at radius 3 is 0.338 bits per heavy atom. The second-order valence-corrected chi connectivity index (χ2v) is 21.9. The summed E-state index contributed by atoms with van der Waals surface area (Å²) in [5, 5.41) is 0. The second kappa shape index (κ2) is 28.5. The molecule has 0 N–H and O–H groups in total. The topological polar surface area (TPSA) is 343 Å². The summed E-state index contributed by atoms with van der Waals surface area (Å²) in [6, 6.07) is 34.7. The molecule has 0 aliphatic rings. The van der Waals surface area contributed by atoms with Crippen molar-refractivity contribution >= 4 is 60.7 Å². The molecule has 0 spiro atoms. The van der Waals surface area contributed by atoms with Gasteiger partial charge in [0.15, 0.2) is 0 Å². The standard InChI is InChI=1S/6C7H8O3S.2Fe/c6*1-6-2-4-7(5-3-6)11(8,9)10;;/h6*2-5H,1H3,(H,8,9,10);;/q;;;;;;2*+3/p-6. The summed E-state index contributed by atoms with van der Waals surface area (Å²) < 4.78 is 187. The molecule has 0 amide bonds. The van der Waals surface area contributed by atoms with Crippen LogP contribution in [0.3, 0.4) is 0 Å². The molecule has 68 heavy (non-hydrogen) atoms. The van der Waals surface area contributed by atoms with Gasteiger partial charge in [0.25, 0.3) is 0 Å². The van der Waals surface area contributed by atoms with E-state index in [0.717, 1.165) is 33.4 Å². The third-order valence-corrected chi connectivity index (χ3v) is 13.0. The molecule has 0 atom stereocenters. The molecule has 18 nitrogen and oxygen atoms in total. The minimum absolute atomic E-state index is 0. The molecule has 6 aromatic carbocycles. The Balaban J connectivity index is 0. The fraction of sp³-hybridized carbons (Fsp3) is 0.143. The predicted molar refractivity (Wildman–Crippen MR) is 235 cm³/mol. The molecule has 0 saturated carbocycles. The van der Waals surface area contributed by atoms with Crippen LogP contribution in [-0.2, 0) is 94.8 Å². The van der Waals surface area contributed by atoms with Crippen molar-refractivity contribution in [2.45, 2.75) is 70.9 Å². The molecule has 0 fully saturated rings. The summed E-state index contributed by atoms with van der Waals surface area (Å²) in [6.07, 6.45) is 0. The number of hydrogen-bond acceptors (Lipinski definition) is 18. The van der Waals surface area contributed by atoms with Crippen molar-refractivity contribution in [3.05, 3.63) is 179 Å². The van der Waals surface area contributed by atoms with Crippen molar-refractivity contribution in [2.24, 2.45) is 0 Å². The fourth-order valence-corrected chi connectivity index (χ4v) is 7.05. The van der Waals surface area contributed by atoms with Gasteiger partial charge in [0.05, 0.1) is 29.4 Å². The van der Waals surface area contributed by atoms with E-state index in [1.165, 1.54) is 72.8 Å². The van der Waals surface area contributed by atoms with Gasteiger partial charge in [0.1, 0.15) is 60.7 Å². The van der Waals surface area contributed by atoms with Gasteiger partial charge in [-0.15, -0.1) is 0 Å². The molecule has 0 saturated heterocycles. The molecule has 2 radical (unpaired) electrons. The molecule has 6 aromatic rings. The molecule has 6 rings (SSSR count). The molecule has 26 heteroatoms. The van der Waals surface area contributed by atoms with Crippen molar-refractivity contribution in [3.63, 3.8) is 0 Å². The third-order valence-electron chi connectivity index (χ3n) is 7.86. The van der Waals surface area contributed by atoms with E-state index in [-0.39, 0.29) is 63.5 Å². The van der Waals surface area contributed by atoms with Gasteiger partial charge in [-0.1, -0.05) is 106 Å². The van der Waals surface area contributed by atoms with Gasteiger partial charge >= 0.3 is 34.1 Å². The quantitative estimate of drug-likeness (QED) is 0.149. The SMILES string of the molecule is Cc1ccc(S(=O)(=O)[O-])cc1.Cc1ccc(S(=O)(=O)[O-])cc1.Cc1ccc(S(=O)(=O)[O-])cc1.Cc1ccc(S(=O)(=O)[O-])cc1.Cc1ccc(S(=O)(=O)[O-])cc1.Cc1ccc(S(=O)(=O)[O-])cc1.[Fe+3].[Fe+3]. The minimum atomic E-state index is -4.27. The largest absolute Gasteiger partial charge is 3.00 e. The van der Waals surface area contributed by atoms with Crippen LogP contribution < -0.4 is 0 Å². The molecule has 370 valence electrons. The van der Waals surface area contributed by atoms with Crippen molar-refractivity contribution in [2.75, 3.05) is 0 Å². The van der Waals surface area contributed by atoms with Gasteiger partial charge in [-0.3, -0.25) is 0 Å². The van der Waals surface area contributed by atoms with Crippen molar-refractivity contribution in [1.29, 1.82) is 0 Å². The van der Waals surface area contributed by atoms with Gasteiger partial charge < -0.3 is 27.3 Å². The normalized spacial score (nSPS) is 11.1. The smallest absolute Gasteiger partial charge is 0.744 e. The van der Waals surface area contributed by atoms with Crippen molar-refractivity contribution in [1.82, 2.24) is 0 Å². The fourth-order valence-electron chi connectivity index (χ4n) is 4.23. The molecular weight excluding hydrogens is 1100 g/mol. The maximum absolute atomic E-state index is 10.4. The van der Waals surface area contributed by atoms with Crippen LogP contribution in [0.4, 0.5) is 0 Å². The Bertz CT molecular complexity index is 2600. The van der Waals surface area contributed by atoms with Crippen LogP contribution in [0, 0.1) is 41.5 Å². The van der Waals surface area contributed by atoms with Gasteiger partial charge in [0.2, 0.25) is 0 Å². The first-order chi connectivity index (χ1) is 30.0. The maximum Gasteiger partial charge on any atom is 3.00 e. The first-order valence-electron chi connectivity index (χ1n) is 18.2. The average molecular weight is 1140 g/mol. The minimum Gasteiger partial charge on any atom is -0.744 e. The van der Waals surface area contributed by atoms with E-state index >= 15 is 0 Å². The van der Waals surface area contributed by atoms with E-state index in [1.54, 1.807) is 72.8 Å². The summed E-state index contributed by atoms with van der Waals surface area (Å²) in [5.41, 5.74) is 5.57. The van der Waals surface area contributed by atoms with Crippen LogP contribution in [0.2, 0.25) is 0 Å². The van der Waals surface area contributed by atoms with E-state index in [9.17, 15) is 77.8 Å². The third kappa shape index (κ3) is 27.1. The molecular formula is C42H42Fe2O18S6. The zero-order valence-electron chi connectivity index (χ0n) is 36.4. The van der Waals surface area contributed by atoms with E-state index in [0.29, 0.717) is 0 Å². The predicted octanol–water partition coefficient (Wildman–Crippen LogP) is 5.39. The second-order valence-electron chi connectivity index (χ2n) is 13.6. The van der Waals surface area contributed by atoms with Crippen LogP contribution >= 0.6 is 0 Å². The molecule has 0 unspecified atom stereocenters. The maximum atomic E-state index is 10.4. The van der Waals surface area contributed by atoms with Crippen molar-refractivity contribution < 1.29 is 112 Å². The van der Waals surface area contributed by atoms with Crippen LogP contribution in [0.1, 0.15) is 33.4 Å². The van der Waals surface area contributed by atoms with E-state index in [1.807, 2.05) is 41.5 Å². The van der Waals surface area contributed by atoms with Crippen LogP contribution in [0.25, 0.3) is 0 Å². The summed E-state index contributed by atoms with van der Waals surface area (Å²) in [7, 11) is -25.6. The molecule has 0 bridgehead atoms. The molecule has 0 heterocycles. The van der Waals surface area contributed by atoms with Gasteiger partial charge in [0, 0.05) is 0 Å². The molecule has 0 aliphatic carbocycles. The Morgan fingerprint density at radius 1 is 0.206 bits per heavy atom. The zero-order chi connectivity index (χ0) is 50.9. The Kier molecular flexibility index (Phi) is 27.6. The van der Waals surface area contributed by atoms with Crippen LogP contribution in [0.15, 0.2) is 175 Å². The molecule has 0 aromatic heterocycles. The Labute approximate surface area is 419 Å². The van der Waals surface area contributed by atoms with E-state index in [2.05, 4.69) is 0 Å². The van der Waals surface area contributed by atoms with Gasteiger partial charge in [-0.25, -0.2) is 50.5 Å². The van der Waals surface area contributed by atoms with E-state index in [4.69, 9.17) is 0 Å². The van der Waals surface area contributed by atoms with Crippen LogP contribution in [0.5, 0.6) is 0 Å². The van der Waals surface area contributed by atoms with Crippen LogP contribution in [-0.4, -0.2) is 77.8 Å². The summed E-state index contributed by atoms with van der Waals surface area (Å²) in [6.45, 7) is 10.9. The summed E-state index contributed by atoms with van der Waals surface area (Å²) >= 11 is 0. The number of aryl methyl sites for hydroxylation is 6. The van der Waals surface area contributed by atoms with Gasteiger partial charge in [-0.05, 0) is 114 Å². The number of hydrogen-bond donors (Lipinski definition) is 0. The Morgan fingerprint density at radius 2 is 0.279 bits per heavy atom. The first-order valence-corrected chi connectivity index (χ1v) is 26.6. The summed E-state index contributed by atoms with van der Waals surface area (Å²) in [5.74, 6) is 0. The number of benzene rings is 6. The zero-order valence-corrected chi connectivity index (χ0v) is 43.5. The first kappa shape index (κ1) is 65.9. The average Bonchev–Trinajstić information content (AvgIpc) is 3.18. The summed E-state index contributed by atoms with van der Waals surface area (Å²) in [4.78, 5) is -1.07. The monoisotopic (exact) mass is 1140 g/mol. The molecule has 0 aliphatic heterocycles. The Hall–Kier alpha value is -4.18. The van der Waals surface area contributed by atoms with E-state index < -0.39 is 60.7 Å². The van der Waals surface area contributed by atoms with Crippen molar-refractivity contribution in [3.8, 4) is 0 Å². The number of rotatable bonds is 6.